The number of phenols is 3. The van der Waals surface area contributed by atoms with Crippen LogP contribution in [-0.2, 0) is 33.3 Å². The number of likely N-dealkylation sites (N-methyl/N-ethyl adjacent to an activating group) is 1. The van der Waals surface area contributed by atoms with Gasteiger partial charge in [-0.15, -0.1) is 0 Å². The second-order valence-electron chi connectivity index (χ2n) is 21.9. The van der Waals surface area contributed by atoms with Gasteiger partial charge in [-0.1, -0.05) is 45.9 Å². The number of carbonyl (C=O) groups excluding carboxylic acids is 5. The number of nitrogens with zero attached hydrogens (tertiary/aromatic N) is 5. The molecule has 452 valence electrons. The molecule has 83 heavy (non-hydrogen) atoms. The summed E-state index contributed by atoms with van der Waals surface area (Å²) in [5.41, 5.74) is 0.691. The number of esters is 1. The van der Waals surface area contributed by atoms with Gasteiger partial charge in [0.05, 0.1) is 77.5 Å². The van der Waals surface area contributed by atoms with Crippen molar-refractivity contribution in [2.24, 2.45) is 28.8 Å². The van der Waals surface area contributed by atoms with Gasteiger partial charge in [-0.3, -0.25) is 29.1 Å². The highest BCUT2D eigenvalue weighted by atomic mass is 32.2. The molecule has 0 saturated carbocycles. The van der Waals surface area contributed by atoms with Crippen LogP contribution in [0.1, 0.15) is 76.9 Å². The number of ether oxygens (including phenoxy) is 5. The third kappa shape index (κ3) is 14.1. The maximum Gasteiger partial charge on any atom is 0.414 e. The molecule has 0 aliphatic carbocycles. The molecule has 3 saturated heterocycles. The van der Waals surface area contributed by atoms with Gasteiger partial charge in [0.25, 0.3) is 11.7 Å². The fourth-order valence-corrected chi connectivity index (χ4v) is 11.6. The zero-order chi connectivity index (χ0) is 60.8. The van der Waals surface area contributed by atoms with Crippen LogP contribution in [0.2, 0.25) is 0 Å². The second kappa shape index (κ2) is 27.1. The quantitative estimate of drug-likeness (QED) is 0.0574. The van der Waals surface area contributed by atoms with Crippen LogP contribution in [0.5, 0.6) is 23.0 Å². The fraction of sp³-hybridized carbons (Fsp3) is 0.525. The Bertz CT molecular complexity index is 3050. The molecule has 6 aliphatic rings. The largest absolute Gasteiger partial charge is 0.507 e. The van der Waals surface area contributed by atoms with Gasteiger partial charge in [-0.25, -0.2) is 9.18 Å². The normalized spacial score (nSPS) is 28.8. The molecule has 10 atom stereocenters. The van der Waals surface area contributed by atoms with Crippen molar-refractivity contribution in [1.82, 2.24) is 15.2 Å². The maximum atomic E-state index is 14.5. The molecule has 5 bridgehead atoms. The zero-order valence-corrected chi connectivity index (χ0v) is 49.6. The average Bonchev–Trinajstić information content (AvgIpc) is 1.94. The summed E-state index contributed by atoms with van der Waals surface area (Å²) in [5, 5.41) is 69.5. The Labute approximate surface area is 486 Å². The number of Topliss-reactive ketones (excluding diaryl/α,β-unsaturated/α-hetero) is 1. The molecule has 24 heteroatoms. The number of aliphatic hydroxyl groups excluding tert-OH is 2. The molecule has 3 aromatic rings. The first-order valence-electron chi connectivity index (χ1n) is 27.7. The van der Waals surface area contributed by atoms with Crippen molar-refractivity contribution in [2.75, 3.05) is 93.1 Å². The number of aliphatic hydroxyl groups is 2. The minimum atomic E-state index is -2.04. The van der Waals surface area contributed by atoms with Crippen LogP contribution in [0.15, 0.2) is 59.4 Å². The number of fused-ring (bicyclic) bond motifs is 14. The van der Waals surface area contributed by atoms with Crippen LogP contribution in [0.25, 0.3) is 10.8 Å². The number of anilines is 3. The Morgan fingerprint density at radius 1 is 0.928 bits per heavy atom. The number of methoxy groups -OCH3 is 1. The minimum Gasteiger partial charge on any atom is -0.507 e. The summed E-state index contributed by atoms with van der Waals surface area (Å²) in [6, 6.07) is 4.83. The molecule has 22 nitrogen and oxygen atoms in total. The van der Waals surface area contributed by atoms with Crippen LogP contribution in [0, 0.1) is 36.4 Å². The fourth-order valence-electron chi connectivity index (χ4n) is 10.7. The molecule has 3 aromatic carbocycles. The van der Waals surface area contributed by atoms with E-state index in [1.165, 1.54) is 77.3 Å². The summed E-state index contributed by atoms with van der Waals surface area (Å²) in [4.78, 5) is 69.0. The Morgan fingerprint density at radius 3 is 2.25 bits per heavy atom. The molecule has 0 aromatic heterocycles. The van der Waals surface area contributed by atoms with Crippen molar-refractivity contribution < 1.29 is 77.6 Å². The molecule has 9 rings (SSSR count). The van der Waals surface area contributed by atoms with Crippen molar-refractivity contribution >= 4 is 75.5 Å². The number of nitrogens with one attached hydrogen (secondary N) is 2. The van der Waals surface area contributed by atoms with E-state index in [4.69, 9.17) is 23.7 Å². The number of carbonyl (C=O) groups is 5. The van der Waals surface area contributed by atoms with Crippen LogP contribution < -0.4 is 25.2 Å². The number of hydrazone groups is 1. The minimum absolute atomic E-state index is 0.0559. The van der Waals surface area contributed by atoms with Gasteiger partial charge in [0.15, 0.2) is 5.75 Å². The number of phenolic OH excluding ortho intramolecular Hbond substituents is 3. The third-order valence-electron chi connectivity index (χ3n) is 15.9. The van der Waals surface area contributed by atoms with E-state index in [-0.39, 0.29) is 69.3 Å². The van der Waals surface area contributed by atoms with Crippen LogP contribution in [0.3, 0.4) is 0 Å². The van der Waals surface area contributed by atoms with E-state index in [2.05, 4.69) is 20.6 Å². The van der Waals surface area contributed by atoms with E-state index in [1.54, 1.807) is 57.0 Å². The van der Waals surface area contributed by atoms with Crippen LogP contribution in [0.4, 0.5) is 26.2 Å². The van der Waals surface area contributed by atoms with Crippen LogP contribution in [-0.4, -0.2) is 186 Å². The monoisotopic (exact) mass is 1180 g/mol. The van der Waals surface area contributed by atoms with Gasteiger partial charge < -0.3 is 69.7 Å². The van der Waals surface area contributed by atoms with Crippen LogP contribution >= 0.6 is 11.8 Å². The van der Waals surface area contributed by atoms with E-state index in [9.17, 15) is 53.9 Å². The van der Waals surface area contributed by atoms with E-state index in [1.807, 2.05) is 23.7 Å². The third-order valence-corrected chi connectivity index (χ3v) is 16.9. The number of hydrogen-bond acceptors (Lipinski definition) is 20. The molecule has 7 N–H and O–H groups in total. The standard InChI is InChI=1S/C43H58N4O12.C16H20FN3O3S/c1-21-12-11-13-22(2)42(55)45-33-28(20-44-47-17-15-46(9)16-18-47)37(52)30-31(38(33)53)36(51)26(6)40-32(30)41(54)43(8,59-40)57-19-14-29(56-10)23(3)39(58-27(7)48)25(5)35(50)24(4)34(21)49;1-11(21)18-9-13-10-20(16(22)23-13)12-2-3-15(14(17)8-12)19-4-6-24-7-5-19/h11-14,19-21,23-25,29,34-35,39,49-53H,15-18H2,1-10H3,(H,45,55);2-3,8,13H,4-7,9-10H2,1H3,(H,18,21)/b12-11+,19-14+,22-13-,44-20-;/t21-,23+,24+,25+,29-,34-,35+,39+,43-;13-/m00/s1. The molecular weight excluding hydrogens is 1100 g/mol. The number of piperazine rings is 1. The topological polar surface area (TPSA) is 282 Å². The molecular formula is C59H78FN7O15S. The lowest BCUT2D eigenvalue weighted by Crippen LogP contribution is -2.46. The van der Waals surface area contributed by atoms with Crippen molar-refractivity contribution in [3.8, 4) is 23.0 Å². The number of benzene rings is 3. The lowest BCUT2D eigenvalue weighted by molar-refractivity contribution is -0.160. The molecule has 3 fully saturated rings. The maximum absolute atomic E-state index is 14.5. The van der Waals surface area contributed by atoms with Crippen molar-refractivity contribution in [3.63, 3.8) is 0 Å². The van der Waals surface area contributed by atoms with E-state index in [0.717, 1.165) is 37.7 Å². The number of allylic oxidation sites excluding steroid dienone is 2. The highest BCUT2D eigenvalue weighted by Crippen LogP contribution is 2.55. The first-order valence-corrected chi connectivity index (χ1v) is 28.8. The molecule has 0 unspecified atom stereocenters. The van der Waals surface area contributed by atoms with Gasteiger partial charge in [-0.2, -0.15) is 16.9 Å². The number of rotatable bonds is 8. The first kappa shape index (κ1) is 63.5. The summed E-state index contributed by atoms with van der Waals surface area (Å²) >= 11 is 1.87. The van der Waals surface area contributed by atoms with Gasteiger partial charge >= 0.3 is 17.8 Å². The Morgan fingerprint density at radius 2 is 1.61 bits per heavy atom. The number of aromatic hydroxyl groups is 3. The number of cyclic esters (lactones) is 1. The number of thioether (sulfide) groups is 1. The van der Waals surface area contributed by atoms with Crippen molar-refractivity contribution in [3.05, 3.63) is 76.8 Å². The summed E-state index contributed by atoms with van der Waals surface area (Å²) in [6.07, 6.45) is 3.91. The zero-order valence-electron chi connectivity index (χ0n) is 48.8. The molecule has 3 amide bonds. The summed E-state index contributed by atoms with van der Waals surface area (Å²) in [7, 11) is 3.42. The van der Waals surface area contributed by atoms with Crippen molar-refractivity contribution in [2.45, 2.75) is 98.6 Å². The molecule has 0 radical (unpaired) electrons. The lowest BCUT2D eigenvalue weighted by Gasteiger charge is -2.38. The summed E-state index contributed by atoms with van der Waals surface area (Å²) in [6.45, 7) is 18.7. The number of hydrogen-bond donors (Lipinski definition) is 7. The number of ketones is 1. The molecule has 0 spiro atoms. The van der Waals surface area contributed by atoms with Gasteiger partial charge in [0.2, 0.25) is 5.91 Å². The molecule has 6 aliphatic heterocycles. The Hall–Kier alpha value is -7.12. The second-order valence-corrected chi connectivity index (χ2v) is 23.1. The predicted octanol–water partition coefficient (Wildman–Crippen LogP) is 6.18. The smallest absolute Gasteiger partial charge is 0.414 e. The van der Waals surface area contributed by atoms with E-state index in [0.29, 0.717) is 24.5 Å². The molecule has 6 heterocycles. The lowest BCUT2D eigenvalue weighted by atomic mass is 9.78. The van der Waals surface area contributed by atoms with E-state index < -0.39 is 101 Å². The average molecular weight is 1180 g/mol. The summed E-state index contributed by atoms with van der Waals surface area (Å²) in [5.74, 6) is -6.88. The predicted molar refractivity (Wildman–Crippen MR) is 313 cm³/mol. The van der Waals surface area contributed by atoms with E-state index >= 15 is 0 Å². The highest BCUT2D eigenvalue weighted by molar-refractivity contribution is 7.99. The number of halogens is 1. The van der Waals surface area contributed by atoms with Crippen molar-refractivity contribution in [1.29, 1.82) is 0 Å². The van der Waals surface area contributed by atoms with Gasteiger partial charge in [0.1, 0.15) is 35.3 Å². The highest BCUT2D eigenvalue weighted by Gasteiger charge is 2.50. The SMILES string of the molecule is CC(=O)NC[C@H]1CN(c2ccc(N3CCSCC3)c(F)c2)C(=O)O1.CO[C@H]1/C=C/O[C@@]2(C)Oc3c(C)c(O)c4c(O)c(c(/C=N\N5CCN(C)CC5)c(O)c4c3C2=O)NC(=O)/C(C)=C\C=C\[C@H](C)[C@H](O)[C@@H](C)[C@@H](O)[C@@H](C)[C@H](OC(C)=O)[C@@H]1C. The Kier molecular flexibility index (Phi) is 20.7. The number of amides is 3. The summed E-state index contributed by atoms with van der Waals surface area (Å²) < 4.78 is 43.3. The first-order chi connectivity index (χ1) is 39.3. The Balaban J connectivity index is 0.000000341. The van der Waals surface area contributed by atoms with Gasteiger partial charge in [0, 0.05) is 119 Å². The van der Waals surface area contributed by atoms with Gasteiger partial charge in [-0.05, 0) is 45.2 Å².